The maximum Gasteiger partial charge on any atom is 0.00955 e. The Kier molecular flexibility index (Phi) is 1.48. The number of nitrogens with two attached hydrogens (primary N) is 1. The van der Waals surface area contributed by atoms with Crippen molar-refractivity contribution < 1.29 is 0 Å². The Morgan fingerprint density at radius 2 is 1.80 bits per heavy atom. The van der Waals surface area contributed by atoms with Crippen molar-refractivity contribution in [3.8, 4) is 0 Å². The number of hydrogen-bond donors (Lipinski definition) is 1. The average molecular weight is 139 g/mol. The van der Waals surface area contributed by atoms with Crippen molar-refractivity contribution in [1.29, 1.82) is 0 Å². The van der Waals surface area contributed by atoms with Gasteiger partial charge in [-0.05, 0) is 31.1 Å². The van der Waals surface area contributed by atoms with Crippen LogP contribution in [-0.2, 0) is 0 Å². The molecule has 0 heterocycles. The van der Waals surface area contributed by atoms with Gasteiger partial charge in [-0.3, -0.25) is 0 Å². The third-order valence-corrected chi connectivity index (χ3v) is 3.37. The quantitative estimate of drug-likeness (QED) is 0.546. The molecule has 0 radical (unpaired) electrons. The molecule has 0 bridgehead atoms. The zero-order chi connectivity index (χ0) is 7.03. The highest BCUT2D eigenvalue weighted by Gasteiger charge is 2.47. The smallest absolute Gasteiger partial charge is 0.00955 e. The summed E-state index contributed by atoms with van der Waals surface area (Å²) in [4.78, 5) is 0. The normalized spacial score (nSPS) is 37.5. The third-order valence-electron chi connectivity index (χ3n) is 3.37. The maximum absolute atomic E-state index is 6.08. The van der Waals surface area contributed by atoms with Gasteiger partial charge in [-0.2, -0.15) is 0 Å². The molecule has 1 nitrogen and oxygen atoms in total. The molecule has 2 saturated carbocycles. The molecule has 10 heavy (non-hydrogen) atoms. The molecule has 0 aromatic rings. The molecule has 58 valence electrons. The van der Waals surface area contributed by atoms with Crippen LogP contribution in [0.3, 0.4) is 0 Å². The van der Waals surface area contributed by atoms with Crippen LogP contribution in [0, 0.1) is 5.41 Å². The monoisotopic (exact) mass is 139 g/mol. The minimum atomic E-state index is 0.551. The Morgan fingerprint density at radius 3 is 2.50 bits per heavy atom. The topological polar surface area (TPSA) is 26.0 Å². The van der Waals surface area contributed by atoms with E-state index in [1.165, 1.54) is 44.9 Å². The van der Waals surface area contributed by atoms with E-state index in [2.05, 4.69) is 0 Å². The summed E-state index contributed by atoms with van der Waals surface area (Å²) in [6.45, 7) is 0. The fourth-order valence-corrected chi connectivity index (χ4v) is 2.29. The van der Waals surface area contributed by atoms with Gasteiger partial charge >= 0.3 is 0 Å². The van der Waals surface area contributed by atoms with Gasteiger partial charge in [0.05, 0.1) is 0 Å². The summed E-state index contributed by atoms with van der Waals surface area (Å²) in [5, 5.41) is 0. The summed E-state index contributed by atoms with van der Waals surface area (Å²) in [6.07, 6.45) is 9.81. The summed E-state index contributed by atoms with van der Waals surface area (Å²) >= 11 is 0. The molecule has 1 heteroatoms. The minimum Gasteiger partial charge on any atom is -0.327 e. The van der Waals surface area contributed by atoms with Crippen LogP contribution >= 0.6 is 0 Å². The summed E-state index contributed by atoms with van der Waals surface area (Å²) in [5.74, 6) is 0. The molecule has 2 N–H and O–H groups in total. The van der Waals surface area contributed by atoms with Crippen LogP contribution in [0.2, 0.25) is 0 Å². The number of hydrogen-bond acceptors (Lipinski definition) is 1. The number of rotatable bonds is 0. The zero-order valence-corrected chi connectivity index (χ0v) is 6.60. The summed E-state index contributed by atoms with van der Waals surface area (Å²) in [5.41, 5.74) is 6.72. The Labute approximate surface area is 63.0 Å². The van der Waals surface area contributed by atoms with Crippen LogP contribution < -0.4 is 5.73 Å². The predicted molar refractivity (Wildman–Crippen MR) is 42.7 cm³/mol. The van der Waals surface area contributed by atoms with Gasteiger partial charge in [0.1, 0.15) is 0 Å². The molecule has 2 aliphatic carbocycles. The van der Waals surface area contributed by atoms with Gasteiger partial charge in [0, 0.05) is 6.04 Å². The van der Waals surface area contributed by atoms with E-state index in [0.717, 1.165) is 0 Å². The molecular weight excluding hydrogens is 122 g/mol. The van der Waals surface area contributed by atoms with Crippen molar-refractivity contribution in [3.05, 3.63) is 0 Å². The maximum atomic E-state index is 6.08. The first-order valence-electron chi connectivity index (χ1n) is 4.59. The SMILES string of the molecule is NC1CCCCCC12CC2. The first-order chi connectivity index (χ1) is 4.83. The van der Waals surface area contributed by atoms with Gasteiger partial charge in [0.15, 0.2) is 0 Å². The van der Waals surface area contributed by atoms with Gasteiger partial charge in [0.25, 0.3) is 0 Å². The van der Waals surface area contributed by atoms with Crippen LogP contribution in [0.4, 0.5) is 0 Å². The molecule has 0 amide bonds. The van der Waals surface area contributed by atoms with Gasteiger partial charge in [-0.1, -0.05) is 19.3 Å². The van der Waals surface area contributed by atoms with Gasteiger partial charge < -0.3 is 5.73 Å². The average Bonchev–Trinajstić information content (AvgIpc) is 2.69. The van der Waals surface area contributed by atoms with Crippen molar-refractivity contribution in [2.75, 3.05) is 0 Å². The lowest BCUT2D eigenvalue weighted by atomic mass is 9.92. The summed E-state index contributed by atoms with van der Waals surface area (Å²) < 4.78 is 0. The second kappa shape index (κ2) is 2.23. The lowest BCUT2D eigenvalue weighted by Gasteiger charge is -2.19. The largest absolute Gasteiger partial charge is 0.327 e. The minimum absolute atomic E-state index is 0.551. The predicted octanol–water partition coefficient (Wildman–Crippen LogP) is 2.06. The van der Waals surface area contributed by atoms with Gasteiger partial charge in [0.2, 0.25) is 0 Å². The first kappa shape index (κ1) is 6.66. The molecule has 0 saturated heterocycles. The van der Waals surface area contributed by atoms with Crippen molar-refractivity contribution in [1.82, 2.24) is 0 Å². The second-order valence-electron chi connectivity index (χ2n) is 4.07. The Hall–Kier alpha value is -0.0400. The van der Waals surface area contributed by atoms with Crippen LogP contribution in [0.5, 0.6) is 0 Å². The highest BCUT2D eigenvalue weighted by atomic mass is 14.7. The van der Waals surface area contributed by atoms with E-state index < -0.39 is 0 Å². The molecule has 2 fully saturated rings. The van der Waals surface area contributed by atoms with Gasteiger partial charge in [-0.15, -0.1) is 0 Å². The highest BCUT2D eigenvalue weighted by Crippen LogP contribution is 2.54. The highest BCUT2D eigenvalue weighted by molar-refractivity contribution is 5.01. The van der Waals surface area contributed by atoms with E-state index in [1.807, 2.05) is 0 Å². The van der Waals surface area contributed by atoms with E-state index in [4.69, 9.17) is 5.73 Å². The molecular formula is C9H17N. The van der Waals surface area contributed by atoms with Crippen molar-refractivity contribution in [3.63, 3.8) is 0 Å². The van der Waals surface area contributed by atoms with E-state index in [1.54, 1.807) is 0 Å². The molecule has 1 unspecified atom stereocenters. The summed E-state index contributed by atoms with van der Waals surface area (Å²) in [6, 6.07) is 0.551. The Bertz CT molecular complexity index is 127. The van der Waals surface area contributed by atoms with Crippen molar-refractivity contribution in [2.24, 2.45) is 11.1 Å². The summed E-state index contributed by atoms with van der Waals surface area (Å²) in [7, 11) is 0. The Morgan fingerprint density at radius 1 is 1.00 bits per heavy atom. The van der Waals surface area contributed by atoms with E-state index >= 15 is 0 Å². The zero-order valence-electron chi connectivity index (χ0n) is 6.60. The molecule has 2 aliphatic rings. The van der Waals surface area contributed by atoms with Crippen LogP contribution in [0.1, 0.15) is 44.9 Å². The van der Waals surface area contributed by atoms with E-state index in [0.29, 0.717) is 11.5 Å². The van der Waals surface area contributed by atoms with Crippen molar-refractivity contribution in [2.45, 2.75) is 51.0 Å². The van der Waals surface area contributed by atoms with E-state index in [9.17, 15) is 0 Å². The van der Waals surface area contributed by atoms with Crippen LogP contribution in [-0.4, -0.2) is 6.04 Å². The molecule has 0 aromatic heterocycles. The van der Waals surface area contributed by atoms with Crippen LogP contribution in [0.15, 0.2) is 0 Å². The van der Waals surface area contributed by atoms with Crippen molar-refractivity contribution >= 4 is 0 Å². The standard InChI is InChI=1S/C9H17N/c10-8-4-2-1-3-5-9(8)6-7-9/h8H,1-7,10H2. The van der Waals surface area contributed by atoms with E-state index in [-0.39, 0.29) is 0 Å². The first-order valence-corrected chi connectivity index (χ1v) is 4.59. The second-order valence-corrected chi connectivity index (χ2v) is 4.07. The lowest BCUT2D eigenvalue weighted by molar-refractivity contribution is 0.374. The molecule has 1 atom stereocenters. The lowest BCUT2D eigenvalue weighted by Crippen LogP contribution is -2.30. The van der Waals surface area contributed by atoms with Gasteiger partial charge in [-0.25, -0.2) is 0 Å². The molecule has 1 spiro atoms. The molecule has 2 rings (SSSR count). The fourth-order valence-electron chi connectivity index (χ4n) is 2.29. The Balaban J connectivity index is 2.02. The van der Waals surface area contributed by atoms with Crippen LogP contribution in [0.25, 0.3) is 0 Å². The fraction of sp³-hybridized carbons (Fsp3) is 1.00. The molecule has 0 aromatic carbocycles. The molecule has 0 aliphatic heterocycles. The third kappa shape index (κ3) is 0.968.